The molecule has 0 spiro atoms. The molecule has 19 heavy (non-hydrogen) atoms. The number of aryl methyl sites for hydroxylation is 1. The molecule has 0 bridgehead atoms. The number of benzene rings is 1. The largest absolute Gasteiger partial charge is 0.242 e. The number of hydrogen-bond acceptors (Lipinski definition) is 4. The molecule has 0 amide bonds. The Morgan fingerprint density at radius 3 is 2.68 bits per heavy atom. The van der Waals surface area contributed by atoms with Crippen LogP contribution >= 0.6 is 15.9 Å². The van der Waals surface area contributed by atoms with Gasteiger partial charge in [0.15, 0.2) is 0 Å². The minimum atomic E-state index is -3.56. The van der Waals surface area contributed by atoms with Crippen molar-refractivity contribution in [2.45, 2.75) is 18.4 Å². The van der Waals surface area contributed by atoms with Gasteiger partial charge in [-0.2, -0.15) is 0 Å². The van der Waals surface area contributed by atoms with Crippen LogP contribution in [-0.2, 0) is 16.6 Å². The molecular formula is C12H12BrN3O2S. The van der Waals surface area contributed by atoms with Crippen molar-refractivity contribution < 1.29 is 8.42 Å². The second-order valence-corrected chi connectivity index (χ2v) is 6.44. The maximum atomic E-state index is 12.1. The lowest BCUT2D eigenvalue weighted by molar-refractivity contribution is 0.579. The minimum Gasteiger partial charge on any atom is -0.242 e. The van der Waals surface area contributed by atoms with Crippen LogP contribution in [0.4, 0.5) is 0 Å². The van der Waals surface area contributed by atoms with E-state index in [9.17, 15) is 8.42 Å². The van der Waals surface area contributed by atoms with Crippen molar-refractivity contribution in [3.05, 3.63) is 52.5 Å². The molecule has 0 aliphatic carbocycles. The van der Waals surface area contributed by atoms with Gasteiger partial charge in [0.2, 0.25) is 10.0 Å². The molecule has 7 heteroatoms. The molecule has 5 nitrogen and oxygen atoms in total. The molecule has 0 saturated heterocycles. The third kappa shape index (κ3) is 3.59. The van der Waals surface area contributed by atoms with E-state index in [0.29, 0.717) is 16.0 Å². The molecule has 0 fully saturated rings. The van der Waals surface area contributed by atoms with Gasteiger partial charge in [-0.3, -0.25) is 0 Å². The predicted octanol–water partition coefficient (Wildman–Crippen LogP) is 2.03. The van der Waals surface area contributed by atoms with Crippen LogP contribution in [0.25, 0.3) is 0 Å². The van der Waals surface area contributed by atoms with Gasteiger partial charge in [-0.15, -0.1) is 0 Å². The third-order valence-corrected chi connectivity index (χ3v) is 4.82. The number of nitrogens with zero attached hydrogens (tertiary/aromatic N) is 2. The Labute approximate surface area is 120 Å². The first-order chi connectivity index (χ1) is 8.99. The average molecular weight is 342 g/mol. The fraction of sp³-hybridized carbons (Fsp3) is 0.167. The average Bonchev–Trinajstić information content (AvgIpc) is 2.37. The highest BCUT2D eigenvalue weighted by Gasteiger charge is 2.16. The van der Waals surface area contributed by atoms with E-state index in [0.717, 1.165) is 0 Å². The van der Waals surface area contributed by atoms with Gasteiger partial charge < -0.3 is 0 Å². The van der Waals surface area contributed by atoms with E-state index in [-0.39, 0.29) is 11.4 Å². The molecule has 0 radical (unpaired) electrons. The van der Waals surface area contributed by atoms with Crippen LogP contribution in [0.3, 0.4) is 0 Å². The molecule has 2 aromatic rings. The Kier molecular flexibility index (Phi) is 4.28. The summed E-state index contributed by atoms with van der Waals surface area (Å²) >= 11 is 3.23. The Morgan fingerprint density at radius 2 is 2.00 bits per heavy atom. The third-order valence-electron chi connectivity index (χ3n) is 2.40. The smallest absolute Gasteiger partial charge is 0.242 e. The van der Waals surface area contributed by atoms with E-state index in [1.807, 2.05) is 0 Å². The molecule has 1 aromatic carbocycles. The number of halogens is 1. The molecule has 0 atom stereocenters. The second-order valence-electron chi connectivity index (χ2n) is 3.85. The summed E-state index contributed by atoms with van der Waals surface area (Å²) in [6, 6.07) is 8.33. The quantitative estimate of drug-likeness (QED) is 0.923. The first kappa shape index (κ1) is 14.1. The maximum Gasteiger partial charge on any atom is 0.242 e. The Morgan fingerprint density at radius 1 is 1.26 bits per heavy atom. The molecule has 0 saturated carbocycles. The van der Waals surface area contributed by atoms with Crippen molar-refractivity contribution in [2.75, 3.05) is 0 Å². The SMILES string of the molecule is Cc1nccc(CNS(=O)(=O)c2ccccc2Br)n1. The van der Waals surface area contributed by atoms with Crippen LogP contribution < -0.4 is 4.72 Å². The van der Waals surface area contributed by atoms with Gasteiger partial charge >= 0.3 is 0 Å². The van der Waals surface area contributed by atoms with Crippen LogP contribution in [0.1, 0.15) is 11.5 Å². The van der Waals surface area contributed by atoms with Crippen LogP contribution in [0.2, 0.25) is 0 Å². The normalized spacial score (nSPS) is 11.5. The zero-order valence-electron chi connectivity index (χ0n) is 10.2. The van der Waals surface area contributed by atoms with Crippen LogP contribution in [-0.4, -0.2) is 18.4 Å². The second kappa shape index (κ2) is 5.77. The standard InChI is InChI=1S/C12H12BrN3O2S/c1-9-14-7-6-10(16-9)8-15-19(17,18)12-5-3-2-4-11(12)13/h2-7,15H,8H2,1H3. The van der Waals surface area contributed by atoms with Crippen LogP contribution in [0.15, 0.2) is 45.9 Å². The zero-order valence-corrected chi connectivity index (χ0v) is 12.6. The van der Waals surface area contributed by atoms with Crippen molar-refractivity contribution in [3.8, 4) is 0 Å². The highest BCUT2D eigenvalue weighted by Crippen LogP contribution is 2.20. The lowest BCUT2D eigenvalue weighted by Crippen LogP contribution is -2.24. The van der Waals surface area contributed by atoms with Gasteiger partial charge in [0.1, 0.15) is 5.82 Å². The number of hydrogen-bond donors (Lipinski definition) is 1. The predicted molar refractivity (Wildman–Crippen MR) is 74.9 cm³/mol. The maximum absolute atomic E-state index is 12.1. The number of nitrogens with one attached hydrogen (secondary N) is 1. The Balaban J connectivity index is 2.17. The zero-order chi connectivity index (χ0) is 13.9. The van der Waals surface area contributed by atoms with E-state index in [2.05, 4.69) is 30.6 Å². The van der Waals surface area contributed by atoms with Crippen molar-refractivity contribution in [3.63, 3.8) is 0 Å². The molecule has 100 valence electrons. The topological polar surface area (TPSA) is 72.0 Å². The van der Waals surface area contributed by atoms with E-state index in [4.69, 9.17) is 0 Å². The summed E-state index contributed by atoms with van der Waals surface area (Å²) in [5, 5.41) is 0. The van der Waals surface area contributed by atoms with Gasteiger partial charge in [0, 0.05) is 10.7 Å². The van der Waals surface area contributed by atoms with E-state index in [1.54, 1.807) is 37.4 Å². The number of aromatic nitrogens is 2. The van der Waals surface area contributed by atoms with Crippen LogP contribution in [0.5, 0.6) is 0 Å². The summed E-state index contributed by atoms with van der Waals surface area (Å²) in [4.78, 5) is 8.31. The van der Waals surface area contributed by atoms with E-state index < -0.39 is 10.0 Å². The molecule has 0 unspecified atom stereocenters. The van der Waals surface area contributed by atoms with Crippen molar-refractivity contribution in [1.82, 2.24) is 14.7 Å². The van der Waals surface area contributed by atoms with Gasteiger partial charge in [-0.05, 0) is 41.1 Å². The lowest BCUT2D eigenvalue weighted by Gasteiger charge is -2.08. The lowest BCUT2D eigenvalue weighted by atomic mass is 10.4. The molecule has 2 rings (SSSR count). The van der Waals surface area contributed by atoms with Gasteiger partial charge in [0.25, 0.3) is 0 Å². The summed E-state index contributed by atoms with van der Waals surface area (Å²) in [6.07, 6.45) is 1.60. The van der Waals surface area contributed by atoms with Gasteiger partial charge in [-0.25, -0.2) is 23.1 Å². The molecule has 0 aliphatic rings. The minimum absolute atomic E-state index is 0.132. The summed E-state index contributed by atoms with van der Waals surface area (Å²) in [5.41, 5.74) is 0.628. The number of sulfonamides is 1. The highest BCUT2D eigenvalue weighted by atomic mass is 79.9. The number of rotatable bonds is 4. The van der Waals surface area contributed by atoms with Crippen LogP contribution in [0, 0.1) is 6.92 Å². The summed E-state index contributed by atoms with van der Waals surface area (Å²) < 4.78 is 27.3. The first-order valence-electron chi connectivity index (χ1n) is 5.52. The fourth-order valence-electron chi connectivity index (χ4n) is 1.51. The summed E-state index contributed by atoms with van der Waals surface area (Å²) in [6.45, 7) is 1.89. The Hall–Kier alpha value is -1.31. The van der Waals surface area contributed by atoms with Gasteiger partial charge in [-0.1, -0.05) is 12.1 Å². The van der Waals surface area contributed by atoms with E-state index in [1.165, 1.54) is 6.07 Å². The molecule has 1 heterocycles. The van der Waals surface area contributed by atoms with Crippen molar-refractivity contribution >= 4 is 26.0 Å². The van der Waals surface area contributed by atoms with E-state index >= 15 is 0 Å². The molecule has 0 aliphatic heterocycles. The highest BCUT2D eigenvalue weighted by molar-refractivity contribution is 9.10. The fourth-order valence-corrected chi connectivity index (χ4v) is 3.51. The van der Waals surface area contributed by atoms with Crippen molar-refractivity contribution in [1.29, 1.82) is 0 Å². The molecule has 1 N–H and O–H groups in total. The Bertz CT molecular complexity index is 689. The summed E-state index contributed by atoms with van der Waals surface area (Å²) in [7, 11) is -3.56. The monoisotopic (exact) mass is 341 g/mol. The van der Waals surface area contributed by atoms with Gasteiger partial charge in [0.05, 0.1) is 17.1 Å². The first-order valence-corrected chi connectivity index (χ1v) is 7.79. The summed E-state index contributed by atoms with van der Waals surface area (Å²) in [5.74, 6) is 0.609. The van der Waals surface area contributed by atoms with Crippen molar-refractivity contribution in [2.24, 2.45) is 0 Å². The molecular weight excluding hydrogens is 330 g/mol. The molecule has 1 aromatic heterocycles.